The van der Waals surface area contributed by atoms with E-state index in [4.69, 9.17) is 4.74 Å². The molecule has 1 aromatic heterocycles. The molecule has 1 saturated heterocycles. The number of rotatable bonds is 4. The standard InChI is InChI=1S/C22H27N3O5S2/c1-13-11-25(12-14(2)30-13)32(28,29)16-7-5-15(6-8-16)20(27)24-21-23-17-9-22(3,4)10-18(26)19(17)31-21/h5-8,13-14H,9-12H2,1-4H3,(H,23,24,27)/t13-,14-/m1/s1. The number of nitrogens with zero attached hydrogens (tertiary/aromatic N) is 2. The fraction of sp³-hybridized carbons (Fsp3) is 0.500. The number of fused-ring (bicyclic) bond motifs is 1. The molecule has 1 amide bonds. The molecule has 1 aliphatic carbocycles. The van der Waals surface area contributed by atoms with Crippen molar-refractivity contribution >= 4 is 38.2 Å². The van der Waals surface area contributed by atoms with Gasteiger partial charge in [-0.05, 0) is 49.9 Å². The number of benzene rings is 1. The summed E-state index contributed by atoms with van der Waals surface area (Å²) in [6.07, 6.45) is 0.790. The second kappa shape index (κ2) is 8.33. The molecule has 0 spiro atoms. The highest BCUT2D eigenvalue weighted by Gasteiger charge is 2.34. The largest absolute Gasteiger partial charge is 0.373 e. The highest BCUT2D eigenvalue weighted by atomic mass is 32.2. The quantitative estimate of drug-likeness (QED) is 0.724. The van der Waals surface area contributed by atoms with Crippen molar-refractivity contribution in [2.45, 2.75) is 57.6 Å². The van der Waals surface area contributed by atoms with Gasteiger partial charge in [-0.1, -0.05) is 25.2 Å². The summed E-state index contributed by atoms with van der Waals surface area (Å²) in [6.45, 7) is 8.32. The van der Waals surface area contributed by atoms with Gasteiger partial charge in [0.2, 0.25) is 10.0 Å². The van der Waals surface area contributed by atoms with Crippen LogP contribution < -0.4 is 5.32 Å². The molecule has 2 heterocycles. The summed E-state index contributed by atoms with van der Waals surface area (Å²) in [7, 11) is -3.67. The van der Waals surface area contributed by atoms with Gasteiger partial charge in [0, 0.05) is 25.1 Å². The third kappa shape index (κ3) is 4.63. The van der Waals surface area contributed by atoms with Crippen molar-refractivity contribution in [1.29, 1.82) is 0 Å². The van der Waals surface area contributed by atoms with E-state index in [1.165, 1.54) is 39.9 Å². The molecule has 2 aromatic rings. The lowest BCUT2D eigenvalue weighted by Crippen LogP contribution is -2.48. The van der Waals surface area contributed by atoms with Crippen LogP contribution in [0, 0.1) is 5.41 Å². The second-order valence-electron chi connectivity index (χ2n) is 9.29. The number of sulfonamides is 1. The first-order chi connectivity index (χ1) is 14.9. The summed E-state index contributed by atoms with van der Waals surface area (Å²) in [5, 5.41) is 3.11. The number of Topliss-reactive ketones (excluding diaryl/α,β-unsaturated/α-hetero) is 1. The number of thiazole rings is 1. The monoisotopic (exact) mass is 477 g/mol. The van der Waals surface area contributed by atoms with Gasteiger partial charge in [0.15, 0.2) is 10.9 Å². The van der Waals surface area contributed by atoms with E-state index in [0.29, 0.717) is 41.5 Å². The number of amides is 1. The summed E-state index contributed by atoms with van der Waals surface area (Å²) in [6, 6.07) is 5.84. The summed E-state index contributed by atoms with van der Waals surface area (Å²) in [5.74, 6) is -0.351. The van der Waals surface area contributed by atoms with Crippen LogP contribution in [0.4, 0.5) is 5.13 Å². The van der Waals surface area contributed by atoms with Crippen molar-refractivity contribution < 1.29 is 22.7 Å². The Morgan fingerprint density at radius 3 is 2.41 bits per heavy atom. The van der Waals surface area contributed by atoms with Crippen LogP contribution in [-0.4, -0.2) is 54.7 Å². The lowest BCUT2D eigenvalue weighted by Gasteiger charge is -2.34. The Hall–Kier alpha value is -2.14. The molecule has 4 rings (SSSR count). The minimum atomic E-state index is -3.67. The number of nitrogens with one attached hydrogen (secondary N) is 1. The molecular formula is C22H27N3O5S2. The van der Waals surface area contributed by atoms with Gasteiger partial charge in [-0.25, -0.2) is 13.4 Å². The Labute approximate surface area is 192 Å². The molecule has 1 aliphatic heterocycles. The van der Waals surface area contributed by atoms with Gasteiger partial charge in [-0.15, -0.1) is 0 Å². The highest BCUT2D eigenvalue weighted by Crippen LogP contribution is 2.38. The first-order valence-corrected chi connectivity index (χ1v) is 12.8. The number of ketones is 1. The summed E-state index contributed by atoms with van der Waals surface area (Å²) in [5.41, 5.74) is 0.894. The molecule has 8 nitrogen and oxygen atoms in total. The van der Waals surface area contributed by atoms with Crippen molar-refractivity contribution in [3.63, 3.8) is 0 Å². The van der Waals surface area contributed by atoms with Crippen LogP contribution >= 0.6 is 11.3 Å². The van der Waals surface area contributed by atoms with Crippen LogP contribution in [0.1, 0.15) is 59.8 Å². The predicted molar refractivity (Wildman–Crippen MR) is 122 cm³/mol. The van der Waals surface area contributed by atoms with Crippen LogP contribution in [0.2, 0.25) is 0 Å². The van der Waals surface area contributed by atoms with Crippen LogP contribution in [0.15, 0.2) is 29.2 Å². The second-order valence-corrected chi connectivity index (χ2v) is 12.2. The minimum Gasteiger partial charge on any atom is -0.373 e. The summed E-state index contributed by atoms with van der Waals surface area (Å²) >= 11 is 1.19. The van der Waals surface area contributed by atoms with E-state index in [0.717, 1.165) is 5.69 Å². The average Bonchev–Trinajstić information content (AvgIpc) is 3.08. The molecule has 0 saturated carbocycles. The molecule has 10 heteroatoms. The third-order valence-corrected chi connectivity index (χ3v) is 8.50. The molecule has 0 bridgehead atoms. The number of ether oxygens (including phenoxy) is 1. The Bertz CT molecular complexity index is 1140. The topological polar surface area (TPSA) is 106 Å². The van der Waals surface area contributed by atoms with E-state index in [1.54, 1.807) is 0 Å². The van der Waals surface area contributed by atoms with Crippen molar-refractivity contribution in [2.24, 2.45) is 5.41 Å². The van der Waals surface area contributed by atoms with E-state index in [9.17, 15) is 18.0 Å². The predicted octanol–water partition coefficient (Wildman–Crippen LogP) is 3.35. The van der Waals surface area contributed by atoms with Gasteiger partial charge < -0.3 is 4.74 Å². The molecule has 1 aromatic carbocycles. The number of carbonyl (C=O) groups excluding carboxylic acids is 2. The van der Waals surface area contributed by atoms with E-state index in [-0.39, 0.29) is 28.3 Å². The molecule has 32 heavy (non-hydrogen) atoms. The van der Waals surface area contributed by atoms with Crippen molar-refractivity contribution in [2.75, 3.05) is 18.4 Å². The van der Waals surface area contributed by atoms with E-state index >= 15 is 0 Å². The molecule has 2 aliphatic rings. The van der Waals surface area contributed by atoms with Crippen LogP contribution in [0.25, 0.3) is 0 Å². The lowest BCUT2D eigenvalue weighted by atomic mass is 9.78. The van der Waals surface area contributed by atoms with Crippen LogP contribution in [0.3, 0.4) is 0 Å². The number of hydrogen-bond donors (Lipinski definition) is 1. The van der Waals surface area contributed by atoms with E-state index in [1.807, 2.05) is 27.7 Å². The van der Waals surface area contributed by atoms with E-state index in [2.05, 4.69) is 10.3 Å². The van der Waals surface area contributed by atoms with Gasteiger partial charge in [-0.3, -0.25) is 14.9 Å². The highest BCUT2D eigenvalue weighted by molar-refractivity contribution is 7.89. The molecule has 1 fully saturated rings. The Balaban J connectivity index is 1.48. The Morgan fingerprint density at radius 2 is 1.78 bits per heavy atom. The lowest BCUT2D eigenvalue weighted by molar-refractivity contribution is -0.0440. The van der Waals surface area contributed by atoms with Crippen LogP contribution in [-0.2, 0) is 21.2 Å². The molecule has 0 radical (unpaired) electrons. The number of carbonyl (C=O) groups is 2. The third-order valence-electron chi connectivity index (χ3n) is 5.60. The maximum atomic E-state index is 13.0. The summed E-state index contributed by atoms with van der Waals surface area (Å²) < 4.78 is 33.0. The number of anilines is 1. The molecule has 1 N–H and O–H groups in total. The fourth-order valence-corrected chi connectivity index (χ4v) is 6.70. The molecule has 2 atom stereocenters. The maximum absolute atomic E-state index is 13.0. The minimum absolute atomic E-state index is 0.0514. The average molecular weight is 478 g/mol. The van der Waals surface area contributed by atoms with E-state index < -0.39 is 15.9 Å². The number of morpholine rings is 1. The fourth-order valence-electron chi connectivity index (χ4n) is 4.20. The molecular weight excluding hydrogens is 450 g/mol. The molecule has 0 unspecified atom stereocenters. The zero-order chi connectivity index (χ0) is 23.3. The number of hydrogen-bond acceptors (Lipinski definition) is 7. The van der Waals surface area contributed by atoms with Gasteiger partial charge in [0.25, 0.3) is 5.91 Å². The van der Waals surface area contributed by atoms with Crippen molar-refractivity contribution in [1.82, 2.24) is 9.29 Å². The van der Waals surface area contributed by atoms with Crippen molar-refractivity contribution in [3.8, 4) is 0 Å². The Kier molecular flexibility index (Phi) is 6.00. The van der Waals surface area contributed by atoms with Crippen molar-refractivity contribution in [3.05, 3.63) is 40.4 Å². The first-order valence-electron chi connectivity index (χ1n) is 10.5. The van der Waals surface area contributed by atoms with Crippen LogP contribution in [0.5, 0.6) is 0 Å². The number of aromatic nitrogens is 1. The summed E-state index contributed by atoms with van der Waals surface area (Å²) in [4.78, 5) is 30.2. The van der Waals surface area contributed by atoms with Gasteiger partial charge in [0.1, 0.15) is 0 Å². The first kappa shape index (κ1) is 23.0. The van der Waals surface area contributed by atoms with Gasteiger partial charge in [0.05, 0.1) is 27.7 Å². The normalized spacial score (nSPS) is 23.6. The maximum Gasteiger partial charge on any atom is 0.257 e. The Morgan fingerprint density at radius 1 is 1.16 bits per heavy atom. The van der Waals surface area contributed by atoms with Gasteiger partial charge in [-0.2, -0.15) is 4.31 Å². The SMILES string of the molecule is C[C@@H]1CN(S(=O)(=O)c2ccc(C(=O)Nc3nc4c(s3)C(=O)CC(C)(C)C4)cc2)C[C@@H](C)O1. The zero-order valence-electron chi connectivity index (χ0n) is 18.5. The zero-order valence-corrected chi connectivity index (χ0v) is 20.2. The van der Waals surface area contributed by atoms with Gasteiger partial charge >= 0.3 is 0 Å². The molecule has 172 valence electrons. The smallest absolute Gasteiger partial charge is 0.257 e.